The SMILES string of the molecule is CC(=O)CN(C)[C@@H](O)COc1cc(-c2cnn(C)c2)c2c(c1)C(O)(C(F)(F)F)c1ccccc1-2. The molecule has 10 heteroatoms. The molecule has 2 N–H and O–H groups in total. The van der Waals surface area contributed by atoms with Gasteiger partial charge in [-0.1, -0.05) is 24.3 Å². The van der Waals surface area contributed by atoms with Gasteiger partial charge < -0.3 is 14.9 Å². The summed E-state index contributed by atoms with van der Waals surface area (Å²) in [7, 11) is 3.21. The molecule has 34 heavy (non-hydrogen) atoms. The molecule has 7 nitrogen and oxygen atoms in total. The highest BCUT2D eigenvalue weighted by Gasteiger charge is 2.61. The van der Waals surface area contributed by atoms with Crippen molar-refractivity contribution in [3.05, 3.63) is 59.9 Å². The third-order valence-corrected chi connectivity index (χ3v) is 5.89. The molecule has 2 atom stereocenters. The van der Waals surface area contributed by atoms with Gasteiger partial charge in [0.2, 0.25) is 5.60 Å². The molecule has 1 aliphatic rings. The number of benzene rings is 2. The molecule has 3 aromatic rings. The molecule has 0 radical (unpaired) electrons. The maximum atomic E-state index is 14.3. The molecule has 1 aromatic heterocycles. The van der Waals surface area contributed by atoms with Gasteiger partial charge in [-0.15, -0.1) is 0 Å². The van der Waals surface area contributed by atoms with Crippen molar-refractivity contribution >= 4 is 5.78 Å². The normalized spacial score (nSPS) is 18.0. The number of likely N-dealkylation sites (N-methyl/N-ethyl adjacent to an activating group) is 1. The van der Waals surface area contributed by atoms with E-state index in [4.69, 9.17) is 4.74 Å². The van der Waals surface area contributed by atoms with Gasteiger partial charge in [-0.2, -0.15) is 18.3 Å². The van der Waals surface area contributed by atoms with E-state index in [1.807, 2.05) is 0 Å². The molecule has 4 rings (SSSR count). The maximum Gasteiger partial charge on any atom is 0.425 e. The van der Waals surface area contributed by atoms with E-state index in [1.165, 1.54) is 41.9 Å². The molecule has 0 saturated carbocycles. The van der Waals surface area contributed by atoms with Gasteiger partial charge in [0.25, 0.3) is 0 Å². The number of fused-ring (bicyclic) bond motifs is 3. The fourth-order valence-electron chi connectivity index (χ4n) is 4.28. The van der Waals surface area contributed by atoms with Gasteiger partial charge in [0.1, 0.15) is 24.4 Å². The summed E-state index contributed by atoms with van der Waals surface area (Å²) in [5.74, 6) is -0.130. The Kier molecular flexibility index (Phi) is 6.01. The number of aryl methyl sites for hydroxylation is 1. The predicted molar refractivity (Wildman–Crippen MR) is 118 cm³/mol. The molecule has 1 heterocycles. The summed E-state index contributed by atoms with van der Waals surface area (Å²) in [5, 5.41) is 25.5. The van der Waals surface area contributed by atoms with Crippen molar-refractivity contribution in [2.24, 2.45) is 7.05 Å². The second kappa shape index (κ2) is 8.53. The average molecular weight is 475 g/mol. The molecule has 2 aromatic carbocycles. The molecular formula is C24H24F3N3O4. The summed E-state index contributed by atoms with van der Waals surface area (Å²) < 4.78 is 50.2. The van der Waals surface area contributed by atoms with E-state index in [9.17, 15) is 28.2 Å². The number of aliphatic hydroxyl groups is 2. The fourth-order valence-corrected chi connectivity index (χ4v) is 4.28. The van der Waals surface area contributed by atoms with Crippen LogP contribution < -0.4 is 4.74 Å². The summed E-state index contributed by atoms with van der Waals surface area (Å²) in [6, 6.07) is 8.58. The lowest BCUT2D eigenvalue weighted by Crippen LogP contribution is -2.41. The van der Waals surface area contributed by atoms with Crippen molar-refractivity contribution in [2.75, 3.05) is 20.2 Å². The van der Waals surface area contributed by atoms with Crippen LogP contribution in [0, 0.1) is 0 Å². The van der Waals surface area contributed by atoms with Crippen molar-refractivity contribution in [3.8, 4) is 28.0 Å². The number of Topliss-reactive ketones (excluding diaryl/α,β-unsaturated/α-hetero) is 1. The third-order valence-electron chi connectivity index (χ3n) is 5.89. The Hall–Kier alpha value is -3.21. The fraction of sp³-hybridized carbons (Fsp3) is 0.333. The van der Waals surface area contributed by atoms with Gasteiger partial charge in [-0.25, -0.2) is 0 Å². The number of aliphatic hydroxyl groups excluding tert-OH is 1. The van der Waals surface area contributed by atoms with Crippen LogP contribution in [0.2, 0.25) is 0 Å². The highest BCUT2D eigenvalue weighted by Crippen LogP contribution is 2.58. The lowest BCUT2D eigenvalue weighted by molar-refractivity contribution is -0.246. The quantitative estimate of drug-likeness (QED) is 0.511. The van der Waals surface area contributed by atoms with Gasteiger partial charge in [-0.3, -0.25) is 14.4 Å². The van der Waals surface area contributed by atoms with E-state index in [2.05, 4.69) is 5.10 Å². The maximum absolute atomic E-state index is 14.3. The first-order valence-electron chi connectivity index (χ1n) is 10.5. The Morgan fingerprint density at radius 2 is 1.94 bits per heavy atom. The predicted octanol–water partition coefficient (Wildman–Crippen LogP) is 3.08. The Bertz CT molecular complexity index is 1240. The Morgan fingerprint density at radius 3 is 2.56 bits per heavy atom. The first kappa shape index (κ1) is 23.9. The van der Waals surface area contributed by atoms with E-state index in [1.54, 1.807) is 31.4 Å². The molecule has 0 bridgehead atoms. The van der Waals surface area contributed by atoms with Crippen LogP contribution in [-0.4, -0.2) is 63.3 Å². The van der Waals surface area contributed by atoms with Crippen LogP contribution in [-0.2, 0) is 17.4 Å². The number of hydrogen-bond donors (Lipinski definition) is 2. The molecule has 180 valence electrons. The molecule has 0 amide bonds. The van der Waals surface area contributed by atoms with Crippen LogP contribution in [0.5, 0.6) is 5.75 Å². The number of hydrogen-bond acceptors (Lipinski definition) is 6. The summed E-state index contributed by atoms with van der Waals surface area (Å²) in [6.45, 7) is 1.06. The van der Waals surface area contributed by atoms with Gasteiger partial charge in [0.05, 0.1) is 12.7 Å². The van der Waals surface area contributed by atoms with Gasteiger partial charge in [-0.05, 0) is 42.8 Å². The minimum atomic E-state index is -5.00. The van der Waals surface area contributed by atoms with E-state index in [-0.39, 0.29) is 46.9 Å². The lowest BCUT2D eigenvalue weighted by atomic mass is 9.89. The zero-order valence-electron chi connectivity index (χ0n) is 18.8. The van der Waals surface area contributed by atoms with E-state index >= 15 is 0 Å². The van der Waals surface area contributed by atoms with E-state index in [0.717, 1.165) is 6.07 Å². The van der Waals surface area contributed by atoms with Crippen LogP contribution in [0.15, 0.2) is 48.8 Å². The van der Waals surface area contributed by atoms with Gasteiger partial charge >= 0.3 is 6.18 Å². The standard InChI is InChI=1S/C24H24F3N3O4/c1-14(31)11-29(2)21(32)13-34-16-8-18(15-10-28-30(3)12-15)22-17-6-4-5-7-19(17)23(33,20(22)9-16)24(25,26)27/h4-10,12,21,32-33H,11,13H2,1-3H3/t21-,23?/m0/s1. The van der Waals surface area contributed by atoms with Crippen molar-refractivity contribution in [1.29, 1.82) is 0 Å². The lowest BCUT2D eigenvalue weighted by Gasteiger charge is -2.29. The van der Waals surface area contributed by atoms with Crippen molar-refractivity contribution < 1.29 is 32.9 Å². The highest BCUT2D eigenvalue weighted by molar-refractivity contribution is 5.93. The van der Waals surface area contributed by atoms with Crippen LogP contribution in [0.1, 0.15) is 18.1 Å². The number of halogens is 3. The van der Waals surface area contributed by atoms with Crippen molar-refractivity contribution in [2.45, 2.75) is 24.9 Å². The average Bonchev–Trinajstić information content (AvgIpc) is 3.31. The minimum Gasteiger partial charge on any atom is -0.489 e. The van der Waals surface area contributed by atoms with Crippen molar-refractivity contribution in [3.63, 3.8) is 0 Å². The zero-order valence-corrected chi connectivity index (χ0v) is 18.8. The number of nitrogens with zero attached hydrogens (tertiary/aromatic N) is 3. The van der Waals surface area contributed by atoms with Crippen LogP contribution in [0.3, 0.4) is 0 Å². The molecule has 1 aliphatic carbocycles. The monoisotopic (exact) mass is 475 g/mol. The number of ether oxygens (including phenoxy) is 1. The summed E-state index contributed by atoms with van der Waals surface area (Å²) >= 11 is 0. The second-order valence-corrected chi connectivity index (χ2v) is 8.46. The van der Waals surface area contributed by atoms with E-state index < -0.39 is 18.0 Å². The van der Waals surface area contributed by atoms with Crippen LogP contribution in [0.4, 0.5) is 13.2 Å². The van der Waals surface area contributed by atoms with E-state index in [0.29, 0.717) is 11.1 Å². The molecule has 0 fully saturated rings. The second-order valence-electron chi connectivity index (χ2n) is 8.46. The largest absolute Gasteiger partial charge is 0.489 e. The molecule has 0 aliphatic heterocycles. The Labute approximate surface area is 194 Å². The topological polar surface area (TPSA) is 87.8 Å². The number of aromatic nitrogens is 2. The minimum absolute atomic E-state index is 0.0151. The van der Waals surface area contributed by atoms with Gasteiger partial charge in [0.15, 0.2) is 0 Å². The Morgan fingerprint density at radius 1 is 1.24 bits per heavy atom. The molecular weight excluding hydrogens is 451 g/mol. The molecule has 1 unspecified atom stereocenters. The smallest absolute Gasteiger partial charge is 0.425 e. The first-order chi connectivity index (χ1) is 15.9. The number of rotatable bonds is 7. The van der Waals surface area contributed by atoms with Crippen LogP contribution in [0.25, 0.3) is 22.3 Å². The van der Waals surface area contributed by atoms with Crippen LogP contribution >= 0.6 is 0 Å². The summed E-state index contributed by atoms with van der Waals surface area (Å²) in [5.41, 5.74) is -2.40. The summed E-state index contributed by atoms with van der Waals surface area (Å²) in [6.07, 6.45) is -3.00. The van der Waals surface area contributed by atoms with Gasteiger partial charge in [0, 0.05) is 29.9 Å². The summed E-state index contributed by atoms with van der Waals surface area (Å²) in [4.78, 5) is 12.7. The third kappa shape index (κ3) is 3.97. The molecule has 0 saturated heterocycles. The highest BCUT2D eigenvalue weighted by atomic mass is 19.4. The number of carbonyl (C=O) groups is 1. The Balaban J connectivity index is 1.85. The van der Waals surface area contributed by atoms with Crippen molar-refractivity contribution in [1.82, 2.24) is 14.7 Å². The zero-order chi connectivity index (χ0) is 24.8. The molecule has 0 spiro atoms. The first-order valence-corrected chi connectivity index (χ1v) is 10.5. The number of alkyl halides is 3. The number of ketones is 1. The number of carbonyl (C=O) groups excluding carboxylic acids is 1.